The van der Waals surface area contributed by atoms with Gasteiger partial charge in [-0.2, -0.15) is 0 Å². The molecule has 4 nitrogen and oxygen atoms in total. The van der Waals surface area contributed by atoms with Gasteiger partial charge in [0.1, 0.15) is 0 Å². The smallest absolute Gasteiger partial charge is 0.202 e. The Balaban J connectivity index is 2.31. The minimum absolute atomic E-state index is 0.595. The van der Waals surface area contributed by atoms with Crippen molar-refractivity contribution in [3.8, 4) is 0 Å². The van der Waals surface area contributed by atoms with E-state index < -0.39 is 0 Å². The minimum Gasteiger partial charge on any atom is -0.354 e. The van der Waals surface area contributed by atoms with Crippen LogP contribution < -0.4 is 5.32 Å². The number of likely N-dealkylation sites (N-methyl/N-ethyl adjacent to an activating group) is 1. The molecule has 86 valence electrons. The van der Waals surface area contributed by atoms with Crippen molar-refractivity contribution in [3.05, 3.63) is 12.4 Å². The number of anilines is 1. The minimum atomic E-state index is 0.595. The summed E-state index contributed by atoms with van der Waals surface area (Å²) in [6.45, 7) is 9.45. The second-order valence-electron chi connectivity index (χ2n) is 4.04. The van der Waals surface area contributed by atoms with Crippen LogP contribution in [0.5, 0.6) is 0 Å². The average Bonchev–Trinajstić information content (AvgIpc) is 2.65. The molecule has 0 radical (unpaired) electrons. The summed E-state index contributed by atoms with van der Waals surface area (Å²) in [4.78, 5) is 6.57. The van der Waals surface area contributed by atoms with Gasteiger partial charge in [-0.3, -0.25) is 0 Å². The molecule has 1 N–H and O–H groups in total. The number of hydrogen-bond donors (Lipinski definition) is 1. The monoisotopic (exact) mass is 210 g/mol. The molecule has 4 heteroatoms. The molecular weight excluding hydrogens is 188 g/mol. The fourth-order valence-electron chi connectivity index (χ4n) is 1.33. The summed E-state index contributed by atoms with van der Waals surface area (Å²) in [5, 5.41) is 3.34. The first kappa shape index (κ1) is 12.0. The van der Waals surface area contributed by atoms with Crippen LogP contribution in [0.3, 0.4) is 0 Å². The van der Waals surface area contributed by atoms with Gasteiger partial charge in [0.15, 0.2) is 0 Å². The van der Waals surface area contributed by atoms with Crippen LogP contribution in [0.4, 0.5) is 5.95 Å². The van der Waals surface area contributed by atoms with Gasteiger partial charge in [-0.15, -0.1) is 0 Å². The van der Waals surface area contributed by atoms with E-state index in [0.29, 0.717) is 6.04 Å². The van der Waals surface area contributed by atoms with Crippen molar-refractivity contribution >= 4 is 5.95 Å². The summed E-state index contributed by atoms with van der Waals surface area (Å²) in [5.41, 5.74) is 0. The van der Waals surface area contributed by atoms with Crippen molar-refractivity contribution in [1.29, 1.82) is 0 Å². The van der Waals surface area contributed by atoms with Gasteiger partial charge in [0.05, 0.1) is 0 Å². The molecule has 0 saturated heterocycles. The van der Waals surface area contributed by atoms with Crippen LogP contribution in [0.15, 0.2) is 12.4 Å². The van der Waals surface area contributed by atoms with Crippen LogP contribution in [0.25, 0.3) is 0 Å². The quantitative estimate of drug-likeness (QED) is 0.775. The second-order valence-corrected chi connectivity index (χ2v) is 4.04. The maximum absolute atomic E-state index is 4.26. The van der Waals surface area contributed by atoms with E-state index in [1.54, 1.807) is 0 Å². The first-order valence-corrected chi connectivity index (χ1v) is 5.60. The zero-order chi connectivity index (χ0) is 11.3. The first-order chi connectivity index (χ1) is 7.15. The molecule has 0 aliphatic rings. The Morgan fingerprint density at radius 1 is 1.53 bits per heavy atom. The Labute approximate surface area is 92.3 Å². The van der Waals surface area contributed by atoms with Crippen molar-refractivity contribution in [3.63, 3.8) is 0 Å². The van der Waals surface area contributed by atoms with Gasteiger partial charge in [0.25, 0.3) is 0 Å². The lowest BCUT2D eigenvalue weighted by Crippen LogP contribution is -2.31. The highest BCUT2D eigenvalue weighted by atomic mass is 15.2. The van der Waals surface area contributed by atoms with Gasteiger partial charge in [-0.05, 0) is 27.8 Å². The zero-order valence-electron chi connectivity index (χ0n) is 10.2. The molecule has 0 unspecified atom stereocenters. The van der Waals surface area contributed by atoms with Crippen molar-refractivity contribution in [2.75, 3.05) is 25.5 Å². The van der Waals surface area contributed by atoms with Gasteiger partial charge >= 0.3 is 0 Å². The van der Waals surface area contributed by atoms with Crippen LogP contribution in [0.1, 0.15) is 20.8 Å². The van der Waals surface area contributed by atoms with Gasteiger partial charge in [0, 0.05) is 38.1 Å². The summed E-state index contributed by atoms with van der Waals surface area (Å²) >= 11 is 0. The Morgan fingerprint density at radius 3 is 2.87 bits per heavy atom. The Kier molecular flexibility index (Phi) is 4.62. The number of nitrogens with one attached hydrogen (secondary N) is 1. The van der Waals surface area contributed by atoms with E-state index in [4.69, 9.17) is 0 Å². The van der Waals surface area contributed by atoms with Crippen LogP contribution in [-0.2, 0) is 6.54 Å². The predicted molar refractivity (Wildman–Crippen MR) is 64.2 cm³/mol. The highest BCUT2D eigenvalue weighted by Gasteiger charge is 2.03. The normalized spacial score (nSPS) is 11.3. The molecule has 1 aromatic heterocycles. The standard InChI is InChI=1S/C11H22N4/c1-5-15-9-7-13-11(15)12-6-8-14(4)10(2)3/h7,9-10H,5-6,8H2,1-4H3,(H,12,13). The van der Waals surface area contributed by atoms with Crippen molar-refractivity contribution in [2.24, 2.45) is 0 Å². The number of aromatic nitrogens is 2. The zero-order valence-corrected chi connectivity index (χ0v) is 10.2. The molecule has 0 bridgehead atoms. The largest absolute Gasteiger partial charge is 0.354 e. The fraction of sp³-hybridized carbons (Fsp3) is 0.727. The third-order valence-corrected chi connectivity index (χ3v) is 2.69. The van der Waals surface area contributed by atoms with Crippen LogP contribution in [-0.4, -0.2) is 40.6 Å². The van der Waals surface area contributed by atoms with Crippen LogP contribution >= 0.6 is 0 Å². The van der Waals surface area contributed by atoms with E-state index in [1.165, 1.54) is 0 Å². The summed E-state index contributed by atoms with van der Waals surface area (Å²) < 4.78 is 2.11. The SMILES string of the molecule is CCn1ccnc1NCCN(C)C(C)C. The molecule has 0 spiro atoms. The van der Waals surface area contributed by atoms with E-state index in [0.717, 1.165) is 25.6 Å². The Morgan fingerprint density at radius 2 is 2.27 bits per heavy atom. The molecule has 0 amide bonds. The highest BCUT2D eigenvalue weighted by molar-refractivity contribution is 5.25. The third-order valence-electron chi connectivity index (χ3n) is 2.69. The average molecular weight is 210 g/mol. The van der Waals surface area contributed by atoms with Crippen molar-refractivity contribution < 1.29 is 0 Å². The molecule has 1 heterocycles. The lowest BCUT2D eigenvalue weighted by molar-refractivity contribution is 0.284. The van der Waals surface area contributed by atoms with E-state index in [2.05, 4.69) is 47.6 Å². The van der Waals surface area contributed by atoms with E-state index in [-0.39, 0.29) is 0 Å². The molecule has 0 aliphatic carbocycles. The summed E-state index contributed by atoms with van der Waals surface area (Å²) in [7, 11) is 2.14. The number of rotatable bonds is 6. The molecule has 1 rings (SSSR count). The van der Waals surface area contributed by atoms with Gasteiger partial charge < -0.3 is 14.8 Å². The van der Waals surface area contributed by atoms with E-state index in [9.17, 15) is 0 Å². The lowest BCUT2D eigenvalue weighted by atomic mass is 10.3. The molecule has 0 fully saturated rings. The molecule has 0 saturated carbocycles. The number of hydrogen-bond acceptors (Lipinski definition) is 3. The lowest BCUT2D eigenvalue weighted by Gasteiger charge is -2.21. The van der Waals surface area contributed by atoms with E-state index >= 15 is 0 Å². The van der Waals surface area contributed by atoms with Gasteiger partial charge in [0.2, 0.25) is 5.95 Å². The van der Waals surface area contributed by atoms with E-state index in [1.807, 2.05) is 12.4 Å². The van der Waals surface area contributed by atoms with Crippen molar-refractivity contribution in [2.45, 2.75) is 33.4 Å². The summed E-state index contributed by atoms with van der Waals surface area (Å²) in [5.74, 6) is 0.967. The summed E-state index contributed by atoms with van der Waals surface area (Å²) in [6, 6.07) is 0.595. The Bertz CT molecular complexity index is 280. The van der Waals surface area contributed by atoms with Crippen LogP contribution in [0, 0.1) is 0 Å². The molecule has 0 aliphatic heterocycles. The molecule has 0 atom stereocenters. The third kappa shape index (κ3) is 3.55. The number of imidazole rings is 1. The highest BCUT2D eigenvalue weighted by Crippen LogP contribution is 2.03. The molecular formula is C11H22N4. The fourth-order valence-corrected chi connectivity index (χ4v) is 1.33. The maximum Gasteiger partial charge on any atom is 0.202 e. The predicted octanol–water partition coefficient (Wildman–Crippen LogP) is 1.66. The summed E-state index contributed by atoms with van der Waals surface area (Å²) in [6.07, 6.45) is 3.83. The maximum atomic E-state index is 4.26. The second kappa shape index (κ2) is 5.75. The van der Waals surface area contributed by atoms with Gasteiger partial charge in [-0.1, -0.05) is 0 Å². The van der Waals surface area contributed by atoms with Crippen LogP contribution in [0.2, 0.25) is 0 Å². The number of nitrogens with zero attached hydrogens (tertiary/aromatic N) is 3. The van der Waals surface area contributed by atoms with Crippen molar-refractivity contribution in [1.82, 2.24) is 14.5 Å². The number of aryl methyl sites for hydroxylation is 1. The molecule has 1 aromatic rings. The molecule has 0 aromatic carbocycles. The van der Waals surface area contributed by atoms with Gasteiger partial charge in [-0.25, -0.2) is 4.98 Å². The first-order valence-electron chi connectivity index (χ1n) is 5.60. The Hall–Kier alpha value is -1.03. The molecule has 15 heavy (non-hydrogen) atoms. The topological polar surface area (TPSA) is 33.1 Å².